The van der Waals surface area contributed by atoms with Gasteiger partial charge in [-0.3, -0.25) is 14.8 Å². The Hall–Kier alpha value is -1.02. The predicted octanol–water partition coefficient (Wildman–Crippen LogP) is -0.643. The molecule has 3 heterocycles. The highest BCUT2D eigenvalue weighted by atomic mass is 32.2. The molecule has 21 heavy (non-hydrogen) atoms. The fraction of sp³-hybridized carbons (Fsp3) is 0.643. The lowest BCUT2D eigenvalue weighted by atomic mass is 10.1. The molecule has 2 unspecified atom stereocenters. The minimum atomic E-state index is -3.07. The lowest BCUT2D eigenvalue weighted by Gasteiger charge is -2.38. The Labute approximate surface area is 125 Å². The maximum Gasteiger partial charge on any atom is 0.154 e. The van der Waals surface area contributed by atoms with Crippen LogP contribution in [0.1, 0.15) is 5.69 Å². The Balaban J connectivity index is 1.54. The van der Waals surface area contributed by atoms with Gasteiger partial charge in [-0.1, -0.05) is 6.07 Å². The van der Waals surface area contributed by atoms with Crippen molar-refractivity contribution in [2.24, 2.45) is 0 Å². The summed E-state index contributed by atoms with van der Waals surface area (Å²) in [4.78, 5) is 8.76. The number of aliphatic hydroxyl groups is 1. The van der Waals surface area contributed by atoms with Crippen molar-refractivity contribution >= 4 is 9.84 Å². The van der Waals surface area contributed by atoms with Gasteiger partial charge in [0, 0.05) is 38.9 Å². The van der Waals surface area contributed by atoms with Gasteiger partial charge in [0.25, 0.3) is 0 Å². The Kier molecular flexibility index (Phi) is 4.26. The molecule has 6 nitrogen and oxygen atoms in total. The molecule has 2 aliphatic heterocycles. The molecule has 2 atom stereocenters. The number of piperazine rings is 1. The highest BCUT2D eigenvalue weighted by molar-refractivity contribution is 7.91. The SMILES string of the molecule is O=S1(=O)CC(O)C(N2CCN(Cc3ccccn3)CC2)C1. The van der Waals surface area contributed by atoms with E-state index in [2.05, 4.69) is 14.8 Å². The van der Waals surface area contributed by atoms with Crippen LogP contribution in [0.2, 0.25) is 0 Å². The first kappa shape index (κ1) is 14.9. The molecule has 2 aliphatic rings. The van der Waals surface area contributed by atoms with Crippen molar-refractivity contribution in [3.63, 3.8) is 0 Å². The molecule has 0 spiro atoms. The fourth-order valence-corrected chi connectivity index (χ4v) is 4.97. The summed E-state index contributed by atoms with van der Waals surface area (Å²) in [6.45, 7) is 4.16. The molecule has 3 rings (SSSR count). The number of sulfone groups is 1. The average Bonchev–Trinajstić information content (AvgIpc) is 2.74. The summed E-state index contributed by atoms with van der Waals surface area (Å²) < 4.78 is 23.2. The summed E-state index contributed by atoms with van der Waals surface area (Å²) in [5.41, 5.74) is 1.05. The third-order valence-electron chi connectivity index (χ3n) is 4.28. The third-order valence-corrected chi connectivity index (χ3v) is 5.98. The third kappa shape index (κ3) is 3.60. The molecule has 2 saturated heterocycles. The Morgan fingerprint density at radius 1 is 1.19 bits per heavy atom. The molecule has 7 heteroatoms. The van der Waals surface area contributed by atoms with Gasteiger partial charge in [0.2, 0.25) is 0 Å². The molecule has 1 aromatic rings. The van der Waals surface area contributed by atoms with Crippen LogP contribution in [0.25, 0.3) is 0 Å². The second-order valence-corrected chi connectivity index (χ2v) is 8.00. The zero-order chi connectivity index (χ0) is 14.9. The first-order valence-corrected chi connectivity index (χ1v) is 9.10. The van der Waals surface area contributed by atoms with Crippen molar-refractivity contribution in [2.45, 2.75) is 18.7 Å². The van der Waals surface area contributed by atoms with E-state index >= 15 is 0 Å². The summed E-state index contributed by atoms with van der Waals surface area (Å²) in [5.74, 6) is 0.000222. The van der Waals surface area contributed by atoms with Crippen LogP contribution in [-0.2, 0) is 16.4 Å². The first-order valence-electron chi connectivity index (χ1n) is 7.28. The summed E-state index contributed by atoms with van der Waals surface area (Å²) in [5, 5.41) is 9.93. The van der Waals surface area contributed by atoms with Crippen molar-refractivity contribution in [3.8, 4) is 0 Å². The Morgan fingerprint density at radius 2 is 1.95 bits per heavy atom. The first-order chi connectivity index (χ1) is 10.0. The van der Waals surface area contributed by atoms with Crippen LogP contribution in [0.4, 0.5) is 0 Å². The minimum absolute atomic E-state index is 0.0915. The van der Waals surface area contributed by atoms with Gasteiger partial charge in [-0.05, 0) is 12.1 Å². The lowest BCUT2D eigenvalue weighted by Crippen LogP contribution is -2.53. The van der Waals surface area contributed by atoms with E-state index in [0.717, 1.165) is 38.4 Å². The van der Waals surface area contributed by atoms with E-state index in [4.69, 9.17) is 0 Å². The molecule has 116 valence electrons. The molecule has 1 aromatic heterocycles. The lowest BCUT2D eigenvalue weighted by molar-refractivity contribution is 0.0421. The number of hydrogen-bond donors (Lipinski definition) is 1. The highest BCUT2D eigenvalue weighted by Crippen LogP contribution is 2.20. The summed E-state index contributed by atoms with van der Waals surface area (Å²) >= 11 is 0. The van der Waals surface area contributed by atoms with Crippen molar-refractivity contribution in [2.75, 3.05) is 37.7 Å². The molecule has 0 aliphatic carbocycles. The van der Waals surface area contributed by atoms with Gasteiger partial charge in [-0.2, -0.15) is 0 Å². The second-order valence-electron chi connectivity index (χ2n) is 5.84. The number of rotatable bonds is 3. The van der Waals surface area contributed by atoms with Crippen molar-refractivity contribution < 1.29 is 13.5 Å². The van der Waals surface area contributed by atoms with Crippen LogP contribution < -0.4 is 0 Å². The van der Waals surface area contributed by atoms with E-state index in [1.54, 1.807) is 6.20 Å². The van der Waals surface area contributed by atoms with Gasteiger partial charge in [0.15, 0.2) is 9.84 Å². The monoisotopic (exact) mass is 311 g/mol. The molecule has 0 saturated carbocycles. The number of pyridine rings is 1. The number of aliphatic hydroxyl groups excluding tert-OH is 1. The summed E-state index contributed by atoms with van der Waals surface area (Å²) in [6.07, 6.45) is 1.06. The van der Waals surface area contributed by atoms with Gasteiger partial charge in [0.05, 0.1) is 29.3 Å². The van der Waals surface area contributed by atoms with E-state index in [0.29, 0.717) is 0 Å². The molecule has 0 bridgehead atoms. The van der Waals surface area contributed by atoms with Gasteiger partial charge >= 0.3 is 0 Å². The number of nitrogens with zero attached hydrogens (tertiary/aromatic N) is 3. The van der Waals surface area contributed by atoms with Crippen LogP contribution in [-0.4, -0.2) is 78.1 Å². The molecule has 0 aromatic carbocycles. The van der Waals surface area contributed by atoms with Crippen LogP contribution in [0.3, 0.4) is 0 Å². The molecular formula is C14H21N3O3S. The minimum Gasteiger partial charge on any atom is -0.390 e. The van der Waals surface area contributed by atoms with Gasteiger partial charge in [-0.15, -0.1) is 0 Å². The molecule has 0 amide bonds. The van der Waals surface area contributed by atoms with Crippen molar-refractivity contribution in [1.82, 2.24) is 14.8 Å². The zero-order valence-corrected chi connectivity index (χ0v) is 12.7. The zero-order valence-electron chi connectivity index (χ0n) is 11.9. The van der Waals surface area contributed by atoms with Gasteiger partial charge < -0.3 is 5.11 Å². The molecular weight excluding hydrogens is 290 g/mol. The van der Waals surface area contributed by atoms with E-state index in [-0.39, 0.29) is 17.5 Å². The fourth-order valence-electron chi connectivity index (χ4n) is 3.13. The average molecular weight is 311 g/mol. The quantitative estimate of drug-likeness (QED) is 0.800. The van der Waals surface area contributed by atoms with Crippen LogP contribution in [0.5, 0.6) is 0 Å². The van der Waals surface area contributed by atoms with E-state index in [9.17, 15) is 13.5 Å². The molecule has 2 fully saturated rings. The topological polar surface area (TPSA) is 73.7 Å². The van der Waals surface area contributed by atoms with E-state index in [1.165, 1.54) is 0 Å². The largest absolute Gasteiger partial charge is 0.390 e. The van der Waals surface area contributed by atoms with Crippen LogP contribution in [0, 0.1) is 0 Å². The van der Waals surface area contributed by atoms with Crippen LogP contribution >= 0.6 is 0 Å². The Bertz CT molecular complexity index is 570. The molecule has 0 radical (unpaired) electrons. The maximum atomic E-state index is 11.6. The predicted molar refractivity (Wildman–Crippen MR) is 79.5 cm³/mol. The van der Waals surface area contributed by atoms with Crippen molar-refractivity contribution in [1.29, 1.82) is 0 Å². The maximum absolute atomic E-state index is 11.6. The number of hydrogen-bond acceptors (Lipinski definition) is 6. The summed E-state index contributed by atoms with van der Waals surface area (Å²) in [7, 11) is -3.07. The highest BCUT2D eigenvalue weighted by Gasteiger charge is 2.40. The van der Waals surface area contributed by atoms with Gasteiger partial charge in [0.1, 0.15) is 0 Å². The van der Waals surface area contributed by atoms with E-state index in [1.807, 2.05) is 18.2 Å². The normalized spacial score (nSPS) is 30.5. The Morgan fingerprint density at radius 3 is 2.52 bits per heavy atom. The number of aromatic nitrogens is 1. The van der Waals surface area contributed by atoms with Crippen LogP contribution in [0.15, 0.2) is 24.4 Å². The standard InChI is InChI=1S/C14H21N3O3S/c18-14-11-21(19,20)10-13(14)17-7-5-16(6-8-17)9-12-3-1-2-4-15-12/h1-4,13-14,18H,5-11H2. The summed E-state index contributed by atoms with van der Waals surface area (Å²) in [6, 6.07) is 5.67. The van der Waals surface area contributed by atoms with E-state index < -0.39 is 15.9 Å². The second kappa shape index (κ2) is 6.00. The molecule has 1 N–H and O–H groups in total. The smallest absolute Gasteiger partial charge is 0.154 e. The van der Waals surface area contributed by atoms with Crippen molar-refractivity contribution in [3.05, 3.63) is 30.1 Å². The van der Waals surface area contributed by atoms with Gasteiger partial charge in [-0.25, -0.2) is 8.42 Å².